The smallest absolute Gasteiger partial charge is 0.248 e. The molecule has 0 aromatic carbocycles. The van der Waals surface area contributed by atoms with Crippen LogP contribution in [0.5, 0.6) is 0 Å². The van der Waals surface area contributed by atoms with Crippen LogP contribution in [0.15, 0.2) is 0 Å². The molecule has 0 aromatic rings. The first-order valence-electron chi connectivity index (χ1n) is 6.87. The lowest BCUT2D eigenvalue weighted by Gasteiger charge is -2.36. The number of hydrogen-bond acceptors (Lipinski definition) is 2. The van der Waals surface area contributed by atoms with Crippen LogP contribution in [0.2, 0.25) is 0 Å². The number of likely N-dealkylation sites (tertiary alicyclic amines) is 1. The molecule has 1 rings (SSSR count). The van der Waals surface area contributed by atoms with Crippen molar-refractivity contribution in [1.82, 2.24) is 4.90 Å². The molecular formula is C14H27NO2. The zero-order chi connectivity index (χ0) is 12.9. The van der Waals surface area contributed by atoms with Gasteiger partial charge < -0.3 is 9.64 Å². The summed E-state index contributed by atoms with van der Waals surface area (Å²) in [5.74, 6) is 0.165. The highest BCUT2D eigenvalue weighted by atomic mass is 16.5. The fourth-order valence-electron chi connectivity index (χ4n) is 2.32. The van der Waals surface area contributed by atoms with E-state index in [4.69, 9.17) is 4.74 Å². The summed E-state index contributed by atoms with van der Waals surface area (Å²) in [5.41, 5.74) is -0.230. The van der Waals surface area contributed by atoms with E-state index >= 15 is 0 Å². The molecule has 0 aromatic heterocycles. The maximum absolute atomic E-state index is 12.1. The minimum Gasteiger partial charge on any atom is -0.366 e. The third-order valence-electron chi connectivity index (χ3n) is 3.20. The normalized spacial score (nSPS) is 21.6. The Kier molecular flexibility index (Phi) is 5.44. The summed E-state index contributed by atoms with van der Waals surface area (Å²) in [5, 5.41) is 0. The molecular weight excluding hydrogens is 214 g/mol. The minimum absolute atomic E-state index is 0.165. The van der Waals surface area contributed by atoms with E-state index in [0.717, 1.165) is 32.2 Å². The van der Waals surface area contributed by atoms with Crippen molar-refractivity contribution in [2.24, 2.45) is 0 Å². The Hall–Kier alpha value is -0.570. The Morgan fingerprint density at radius 3 is 2.65 bits per heavy atom. The van der Waals surface area contributed by atoms with Crippen LogP contribution < -0.4 is 0 Å². The van der Waals surface area contributed by atoms with Gasteiger partial charge in [0.05, 0.1) is 5.60 Å². The average molecular weight is 241 g/mol. The monoisotopic (exact) mass is 241 g/mol. The largest absolute Gasteiger partial charge is 0.366 e. The summed E-state index contributed by atoms with van der Waals surface area (Å²) >= 11 is 0. The van der Waals surface area contributed by atoms with Crippen molar-refractivity contribution in [3.8, 4) is 0 Å². The number of amides is 1. The molecule has 100 valence electrons. The molecule has 0 aliphatic carbocycles. The van der Waals surface area contributed by atoms with E-state index in [9.17, 15) is 4.79 Å². The van der Waals surface area contributed by atoms with Gasteiger partial charge in [0.25, 0.3) is 0 Å². The summed E-state index contributed by atoms with van der Waals surface area (Å²) in [6, 6.07) is 0.449. The van der Waals surface area contributed by atoms with Gasteiger partial charge in [0.2, 0.25) is 5.91 Å². The Morgan fingerprint density at radius 2 is 2.06 bits per heavy atom. The van der Waals surface area contributed by atoms with Gasteiger partial charge >= 0.3 is 0 Å². The van der Waals surface area contributed by atoms with Crippen molar-refractivity contribution in [2.45, 2.75) is 71.4 Å². The van der Waals surface area contributed by atoms with Crippen LogP contribution in [0.4, 0.5) is 0 Å². The third kappa shape index (κ3) is 5.07. The van der Waals surface area contributed by atoms with Crippen LogP contribution in [0.1, 0.15) is 59.8 Å². The molecule has 0 spiro atoms. The highest BCUT2D eigenvalue weighted by Gasteiger charge is 2.26. The van der Waals surface area contributed by atoms with Gasteiger partial charge in [-0.2, -0.15) is 0 Å². The van der Waals surface area contributed by atoms with Gasteiger partial charge in [-0.3, -0.25) is 4.79 Å². The van der Waals surface area contributed by atoms with Crippen molar-refractivity contribution in [3.05, 3.63) is 0 Å². The zero-order valence-electron chi connectivity index (χ0n) is 11.8. The van der Waals surface area contributed by atoms with Gasteiger partial charge in [0, 0.05) is 12.6 Å². The van der Waals surface area contributed by atoms with Gasteiger partial charge in [-0.15, -0.1) is 0 Å². The SMILES string of the molecule is CCCC1CCCCN1C(=O)COC(C)(C)C. The molecule has 1 saturated heterocycles. The van der Waals surface area contributed by atoms with Crippen molar-refractivity contribution < 1.29 is 9.53 Å². The standard InChI is InChI=1S/C14H27NO2/c1-5-8-12-9-6-7-10-15(12)13(16)11-17-14(2,3)4/h12H,5-11H2,1-4H3. The van der Waals surface area contributed by atoms with Crippen LogP contribution in [0.3, 0.4) is 0 Å². The molecule has 0 bridgehead atoms. The molecule has 1 aliphatic rings. The molecule has 17 heavy (non-hydrogen) atoms. The number of rotatable bonds is 4. The Morgan fingerprint density at radius 1 is 1.35 bits per heavy atom. The van der Waals surface area contributed by atoms with Crippen LogP contribution in [-0.2, 0) is 9.53 Å². The molecule has 1 fully saturated rings. The van der Waals surface area contributed by atoms with Crippen LogP contribution >= 0.6 is 0 Å². The first-order chi connectivity index (χ1) is 7.94. The van der Waals surface area contributed by atoms with E-state index in [2.05, 4.69) is 6.92 Å². The van der Waals surface area contributed by atoms with Crippen molar-refractivity contribution in [1.29, 1.82) is 0 Å². The third-order valence-corrected chi connectivity index (χ3v) is 3.20. The maximum Gasteiger partial charge on any atom is 0.248 e. The van der Waals surface area contributed by atoms with Crippen molar-refractivity contribution in [2.75, 3.05) is 13.2 Å². The lowest BCUT2D eigenvalue weighted by molar-refractivity contribution is -0.144. The number of carbonyl (C=O) groups is 1. The van der Waals surface area contributed by atoms with E-state index in [1.807, 2.05) is 25.7 Å². The summed E-state index contributed by atoms with van der Waals surface area (Å²) in [4.78, 5) is 14.2. The fourth-order valence-corrected chi connectivity index (χ4v) is 2.32. The molecule has 1 heterocycles. The predicted molar refractivity (Wildman–Crippen MR) is 70.0 cm³/mol. The number of piperidine rings is 1. The number of carbonyl (C=O) groups excluding carboxylic acids is 1. The highest BCUT2D eigenvalue weighted by Crippen LogP contribution is 2.21. The summed E-state index contributed by atoms with van der Waals surface area (Å²) < 4.78 is 5.58. The van der Waals surface area contributed by atoms with Gasteiger partial charge in [0.1, 0.15) is 6.61 Å². The molecule has 1 atom stereocenters. The number of nitrogens with zero attached hydrogens (tertiary/aromatic N) is 1. The second kappa shape index (κ2) is 6.39. The quantitative estimate of drug-likeness (QED) is 0.757. The molecule has 3 heteroatoms. The van der Waals surface area contributed by atoms with E-state index in [-0.39, 0.29) is 18.1 Å². The van der Waals surface area contributed by atoms with Crippen LogP contribution in [0, 0.1) is 0 Å². The molecule has 1 amide bonds. The van der Waals surface area contributed by atoms with Gasteiger partial charge in [-0.05, 0) is 46.5 Å². The Balaban J connectivity index is 2.47. The molecule has 0 saturated carbocycles. The van der Waals surface area contributed by atoms with Crippen molar-refractivity contribution in [3.63, 3.8) is 0 Å². The van der Waals surface area contributed by atoms with E-state index in [0.29, 0.717) is 6.04 Å². The lowest BCUT2D eigenvalue weighted by Crippen LogP contribution is -2.46. The average Bonchev–Trinajstić information content (AvgIpc) is 2.26. The summed E-state index contributed by atoms with van der Waals surface area (Å²) in [7, 11) is 0. The van der Waals surface area contributed by atoms with E-state index in [1.54, 1.807) is 0 Å². The summed E-state index contributed by atoms with van der Waals surface area (Å²) in [6.45, 7) is 9.28. The first kappa shape index (κ1) is 14.5. The topological polar surface area (TPSA) is 29.5 Å². The second-order valence-electron chi connectivity index (χ2n) is 5.93. The predicted octanol–water partition coefficient (Wildman–Crippen LogP) is 2.98. The van der Waals surface area contributed by atoms with Gasteiger partial charge in [0.15, 0.2) is 0 Å². The molecule has 3 nitrogen and oxygen atoms in total. The fraction of sp³-hybridized carbons (Fsp3) is 0.929. The number of ether oxygens (including phenoxy) is 1. The first-order valence-corrected chi connectivity index (χ1v) is 6.87. The van der Waals surface area contributed by atoms with Crippen LogP contribution in [-0.4, -0.2) is 35.6 Å². The Bertz CT molecular complexity index is 243. The molecule has 0 radical (unpaired) electrons. The molecule has 1 unspecified atom stereocenters. The lowest BCUT2D eigenvalue weighted by atomic mass is 9.98. The minimum atomic E-state index is -0.230. The van der Waals surface area contributed by atoms with Gasteiger partial charge in [-0.25, -0.2) is 0 Å². The number of hydrogen-bond donors (Lipinski definition) is 0. The van der Waals surface area contributed by atoms with E-state index < -0.39 is 0 Å². The maximum atomic E-state index is 12.1. The summed E-state index contributed by atoms with van der Waals surface area (Å²) in [6.07, 6.45) is 5.83. The Labute approximate surface area is 106 Å². The van der Waals surface area contributed by atoms with E-state index in [1.165, 1.54) is 6.42 Å². The van der Waals surface area contributed by atoms with Crippen LogP contribution in [0.25, 0.3) is 0 Å². The van der Waals surface area contributed by atoms with Gasteiger partial charge in [-0.1, -0.05) is 13.3 Å². The molecule has 1 aliphatic heterocycles. The van der Waals surface area contributed by atoms with Crippen molar-refractivity contribution >= 4 is 5.91 Å². The second-order valence-corrected chi connectivity index (χ2v) is 5.93. The zero-order valence-corrected chi connectivity index (χ0v) is 11.8. The molecule has 0 N–H and O–H groups in total. The highest BCUT2D eigenvalue weighted by molar-refractivity contribution is 5.77.